The van der Waals surface area contributed by atoms with E-state index in [1.165, 1.54) is 16.9 Å². The highest BCUT2D eigenvalue weighted by atomic mass is 79.9. The molecule has 0 spiro atoms. The van der Waals surface area contributed by atoms with Gasteiger partial charge in [-0.05, 0) is 50.8 Å². The van der Waals surface area contributed by atoms with E-state index in [1.807, 2.05) is 32.9 Å². The Labute approximate surface area is 182 Å². The van der Waals surface area contributed by atoms with E-state index in [0.29, 0.717) is 24.6 Å². The third-order valence-corrected chi connectivity index (χ3v) is 6.56. The highest BCUT2D eigenvalue weighted by Crippen LogP contribution is 2.48. The standard InChI is InChI=1S/C21H24BrN3O3S/c1-21(2,3)28-20(27)25-9-8-16-17(11-25)29-19(23-16)24-18(26)15-10-14(15)12-4-6-13(22)7-5-12/h4-7,14-15H,8-11H2,1-3H3,(H,23,24,26). The first-order valence-electron chi connectivity index (χ1n) is 9.72. The van der Waals surface area contributed by atoms with Crippen LogP contribution in [0.2, 0.25) is 0 Å². The Bertz CT molecular complexity index is 936. The number of halogens is 1. The number of rotatable bonds is 3. The molecule has 0 saturated heterocycles. The van der Waals surface area contributed by atoms with Crippen molar-refractivity contribution < 1.29 is 14.3 Å². The predicted octanol–water partition coefficient (Wildman–Crippen LogP) is 4.94. The first kappa shape index (κ1) is 20.3. The quantitative estimate of drug-likeness (QED) is 0.679. The highest BCUT2D eigenvalue weighted by molar-refractivity contribution is 9.10. The Hall–Kier alpha value is -1.93. The number of carbonyl (C=O) groups is 2. The summed E-state index contributed by atoms with van der Waals surface area (Å²) < 4.78 is 6.50. The predicted molar refractivity (Wildman–Crippen MR) is 116 cm³/mol. The second kappa shape index (κ2) is 7.72. The molecule has 0 radical (unpaired) electrons. The van der Waals surface area contributed by atoms with Gasteiger partial charge in [0.1, 0.15) is 5.60 Å². The molecule has 4 rings (SSSR count). The lowest BCUT2D eigenvalue weighted by atomic mass is 10.1. The molecule has 2 aliphatic rings. The van der Waals surface area contributed by atoms with E-state index in [4.69, 9.17) is 4.74 Å². The largest absolute Gasteiger partial charge is 0.444 e. The fraction of sp³-hybridized carbons (Fsp3) is 0.476. The molecule has 154 valence electrons. The van der Waals surface area contributed by atoms with Crippen LogP contribution in [0.1, 0.15) is 49.2 Å². The van der Waals surface area contributed by atoms with E-state index in [-0.39, 0.29) is 23.8 Å². The Morgan fingerprint density at radius 2 is 2.00 bits per heavy atom. The van der Waals surface area contributed by atoms with Gasteiger partial charge in [0.15, 0.2) is 5.13 Å². The van der Waals surface area contributed by atoms with Gasteiger partial charge in [-0.1, -0.05) is 39.4 Å². The van der Waals surface area contributed by atoms with Crippen LogP contribution in [0, 0.1) is 5.92 Å². The summed E-state index contributed by atoms with van der Waals surface area (Å²) in [6.07, 6.45) is 1.23. The maximum atomic E-state index is 12.6. The van der Waals surface area contributed by atoms with Crippen LogP contribution in [-0.4, -0.2) is 34.0 Å². The number of fused-ring (bicyclic) bond motifs is 1. The van der Waals surface area contributed by atoms with Crippen LogP contribution in [-0.2, 0) is 22.5 Å². The van der Waals surface area contributed by atoms with E-state index in [0.717, 1.165) is 21.5 Å². The van der Waals surface area contributed by atoms with Crippen molar-refractivity contribution in [3.8, 4) is 0 Å². The minimum absolute atomic E-state index is 0.00429. The molecular weight excluding hydrogens is 454 g/mol. The third-order valence-electron chi connectivity index (χ3n) is 5.04. The summed E-state index contributed by atoms with van der Waals surface area (Å²) in [6, 6.07) is 8.15. The maximum absolute atomic E-state index is 12.6. The van der Waals surface area contributed by atoms with Crippen LogP contribution >= 0.6 is 27.3 Å². The molecule has 1 aromatic carbocycles. The molecule has 1 aliphatic heterocycles. The minimum atomic E-state index is -0.514. The number of benzene rings is 1. The van der Waals surface area contributed by atoms with E-state index in [1.54, 1.807) is 4.90 Å². The summed E-state index contributed by atoms with van der Waals surface area (Å²) in [7, 11) is 0. The zero-order valence-corrected chi connectivity index (χ0v) is 19.1. The number of carbonyl (C=O) groups excluding carboxylic acids is 2. The lowest BCUT2D eigenvalue weighted by molar-refractivity contribution is -0.117. The Kier molecular flexibility index (Phi) is 5.42. The number of thiazole rings is 1. The normalized spacial score (nSPS) is 20.8. The first-order valence-corrected chi connectivity index (χ1v) is 11.3. The second-order valence-corrected chi connectivity index (χ2v) is 10.5. The summed E-state index contributed by atoms with van der Waals surface area (Å²) >= 11 is 4.89. The van der Waals surface area contributed by atoms with Crippen molar-refractivity contribution in [3.05, 3.63) is 44.9 Å². The Morgan fingerprint density at radius 3 is 2.69 bits per heavy atom. The van der Waals surface area contributed by atoms with E-state index < -0.39 is 5.60 Å². The summed E-state index contributed by atoms with van der Waals surface area (Å²) in [5.74, 6) is 0.295. The van der Waals surface area contributed by atoms with Crippen LogP contribution in [0.3, 0.4) is 0 Å². The summed E-state index contributed by atoms with van der Waals surface area (Å²) in [5, 5.41) is 3.60. The number of hydrogen-bond acceptors (Lipinski definition) is 5. The fourth-order valence-corrected chi connectivity index (χ4v) is 4.78. The van der Waals surface area contributed by atoms with Gasteiger partial charge in [0.05, 0.1) is 12.2 Å². The number of hydrogen-bond donors (Lipinski definition) is 1. The van der Waals surface area contributed by atoms with Gasteiger partial charge in [0.2, 0.25) is 5.91 Å². The highest BCUT2D eigenvalue weighted by Gasteiger charge is 2.44. The average molecular weight is 478 g/mol. The van der Waals surface area contributed by atoms with Gasteiger partial charge in [-0.25, -0.2) is 9.78 Å². The number of nitrogens with one attached hydrogen (secondary N) is 1. The van der Waals surface area contributed by atoms with Gasteiger partial charge in [0.25, 0.3) is 0 Å². The van der Waals surface area contributed by atoms with Gasteiger partial charge >= 0.3 is 6.09 Å². The van der Waals surface area contributed by atoms with Crippen LogP contribution in [0.15, 0.2) is 28.7 Å². The second-order valence-electron chi connectivity index (χ2n) is 8.53. The topological polar surface area (TPSA) is 71.5 Å². The zero-order valence-electron chi connectivity index (χ0n) is 16.7. The van der Waals surface area contributed by atoms with Gasteiger partial charge < -0.3 is 15.0 Å². The molecule has 2 heterocycles. The number of nitrogens with zero attached hydrogens (tertiary/aromatic N) is 2. The van der Waals surface area contributed by atoms with Gasteiger partial charge in [0, 0.05) is 28.2 Å². The zero-order chi connectivity index (χ0) is 20.8. The molecule has 2 unspecified atom stereocenters. The van der Waals surface area contributed by atoms with Crippen molar-refractivity contribution in [2.45, 2.75) is 51.7 Å². The SMILES string of the molecule is CC(C)(C)OC(=O)N1CCc2nc(NC(=O)C3CC3c3ccc(Br)cc3)sc2C1. The molecule has 1 aliphatic carbocycles. The van der Waals surface area contributed by atoms with Crippen LogP contribution in [0.4, 0.5) is 9.93 Å². The molecule has 8 heteroatoms. The van der Waals surface area contributed by atoms with Crippen LogP contribution in [0.25, 0.3) is 0 Å². The average Bonchev–Trinajstić information content (AvgIpc) is 3.34. The van der Waals surface area contributed by atoms with E-state index >= 15 is 0 Å². The Morgan fingerprint density at radius 1 is 1.28 bits per heavy atom. The van der Waals surface area contributed by atoms with Crippen LogP contribution < -0.4 is 5.32 Å². The molecule has 1 saturated carbocycles. The van der Waals surface area contributed by atoms with E-state index in [2.05, 4.69) is 38.4 Å². The molecule has 2 atom stereocenters. The van der Waals surface area contributed by atoms with Crippen molar-refractivity contribution in [1.82, 2.24) is 9.88 Å². The number of anilines is 1. The summed E-state index contributed by atoms with van der Waals surface area (Å²) in [4.78, 5) is 32.2. The van der Waals surface area contributed by atoms with Crippen molar-refractivity contribution in [2.75, 3.05) is 11.9 Å². The van der Waals surface area contributed by atoms with Crippen molar-refractivity contribution in [1.29, 1.82) is 0 Å². The molecular formula is C21H24BrN3O3S. The fourth-order valence-electron chi connectivity index (χ4n) is 3.49. The third kappa shape index (κ3) is 4.80. The van der Waals surface area contributed by atoms with Gasteiger partial charge in [-0.2, -0.15) is 0 Å². The Balaban J connectivity index is 1.36. The molecule has 2 aromatic rings. The molecule has 1 fully saturated rings. The summed E-state index contributed by atoms with van der Waals surface area (Å²) in [6.45, 7) is 6.64. The van der Waals surface area contributed by atoms with Crippen molar-refractivity contribution >= 4 is 44.4 Å². The molecule has 2 amide bonds. The molecule has 1 N–H and O–H groups in total. The maximum Gasteiger partial charge on any atom is 0.410 e. The van der Waals surface area contributed by atoms with Crippen molar-refractivity contribution in [2.24, 2.45) is 5.92 Å². The van der Waals surface area contributed by atoms with Crippen LogP contribution in [0.5, 0.6) is 0 Å². The molecule has 1 aromatic heterocycles. The molecule has 29 heavy (non-hydrogen) atoms. The number of ether oxygens (including phenoxy) is 1. The van der Waals surface area contributed by atoms with Crippen molar-refractivity contribution in [3.63, 3.8) is 0 Å². The smallest absolute Gasteiger partial charge is 0.410 e. The minimum Gasteiger partial charge on any atom is -0.444 e. The molecule has 6 nitrogen and oxygen atoms in total. The van der Waals surface area contributed by atoms with Gasteiger partial charge in [-0.15, -0.1) is 0 Å². The van der Waals surface area contributed by atoms with Gasteiger partial charge in [-0.3, -0.25) is 4.79 Å². The molecule has 0 bridgehead atoms. The number of aromatic nitrogens is 1. The number of amides is 2. The first-order chi connectivity index (χ1) is 13.7. The van der Waals surface area contributed by atoms with E-state index in [9.17, 15) is 9.59 Å². The lowest BCUT2D eigenvalue weighted by Crippen LogP contribution is -2.39. The monoisotopic (exact) mass is 477 g/mol. The summed E-state index contributed by atoms with van der Waals surface area (Å²) in [5.41, 5.74) is 1.64. The lowest BCUT2D eigenvalue weighted by Gasteiger charge is -2.29.